The number of para-hydroxylation sites is 1. The summed E-state index contributed by atoms with van der Waals surface area (Å²) in [7, 11) is 0. The molecule has 0 amide bonds. The third kappa shape index (κ3) is 3.93. The minimum absolute atomic E-state index is 0.256. The van der Waals surface area contributed by atoms with Crippen molar-refractivity contribution >= 4 is 21.6 Å². The van der Waals surface area contributed by atoms with Gasteiger partial charge in [-0.05, 0) is 48.3 Å². The van der Waals surface area contributed by atoms with Crippen molar-refractivity contribution in [3.63, 3.8) is 0 Å². The van der Waals surface area contributed by atoms with Crippen LogP contribution >= 0.6 is 15.9 Å². The van der Waals surface area contributed by atoms with Gasteiger partial charge in [0.05, 0.1) is 11.5 Å². The second kappa shape index (κ2) is 5.18. The Labute approximate surface area is 99.4 Å². The van der Waals surface area contributed by atoms with Gasteiger partial charge in [-0.25, -0.2) is 0 Å². The average molecular weight is 267 g/mol. The first-order valence-electron chi connectivity index (χ1n) is 4.95. The van der Waals surface area contributed by atoms with E-state index in [-0.39, 0.29) is 5.41 Å². The van der Waals surface area contributed by atoms with E-state index in [0.29, 0.717) is 0 Å². The van der Waals surface area contributed by atoms with E-state index in [2.05, 4.69) is 27.3 Å². The monoisotopic (exact) mass is 266 g/mol. The predicted molar refractivity (Wildman–Crippen MR) is 66.6 cm³/mol. The third-order valence-electron chi connectivity index (χ3n) is 2.24. The first-order valence-corrected chi connectivity index (χ1v) is 5.74. The Balaban J connectivity index is 2.46. The number of hydrogen-bond donors (Lipinski definition) is 1. The zero-order valence-electron chi connectivity index (χ0n) is 9.05. The summed E-state index contributed by atoms with van der Waals surface area (Å²) in [5, 5.41) is 12.2. The number of halogens is 1. The van der Waals surface area contributed by atoms with Crippen molar-refractivity contribution in [3.05, 3.63) is 28.7 Å². The molecule has 2 nitrogen and oxygen atoms in total. The van der Waals surface area contributed by atoms with Crippen molar-refractivity contribution in [1.82, 2.24) is 0 Å². The Morgan fingerprint density at radius 2 is 2.07 bits per heavy atom. The van der Waals surface area contributed by atoms with Crippen molar-refractivity contribution in [2.45, 2.75) is 20.3 Å². The van der Waals surface area contributed by atoms with Crippen LogP contribution in [0.1, 0.15) is 20.3 Å². The van der Waals surface area contributed by atoms with Crippen molar-refractivity contribution in [2.24, 2.45) is 5.41 Å². The Hall–Kier alpha value is -1.01. The Bertz CT molecular complexity index is 366. The number of nitriles is 1. The van der Waals surface area contributed by atoms with Crippen LogP contribution in [0.4, 0.5) is 5.69 Å². The fraction of sp³-hybridized carbons (Fsp3) is 0.417. The van der Waals surface area contributed by atoms with Gasteiger partial charge in [-0.15, -0.1) is 0 Å². The molecule has 0 spiro atoms. The van der Waals surface area contributed by atoms with E-state index in [1.807, 2.05) is 38.1 Å². The minimum atomic E-state index is -0.256. The van der Waals surface area contributed by atoms with E-state index >= 15 is 0 Å². The van der Waals surface area contributed by atoms with Crippen LogP contribution in [0.25, 0.3) is 0 Å². The quantitative estimate of drug-likeness (QED) is 0.900. The molecule has 0 unspecified atom stereocenters. The lowest BCUT2D eigenvalue weighted by molar-refractivity contribution is 0.466. The standard InChI is InChI=1S/C12H15BrN2/c1-12(2,9-14)7-8-15-11-6-4-3-5-10(11)13/h3-6,15H,7-8H2,1-2H3. The van der Waals surface area contributed by atoms with Gasteiger partial charge in [0.1, 0.15) is 0 Å². The Morgan fingerprint density at radius 3 is 2.67 bits per heavy atom. The van der Waals surface area contributed by atoms with E-state index in [1.165, 1.54) is 0 Å². The normalized spacial score (nSPS) is 10.8. The van der Waals surface area contributed by atoms with Crippen LogP contribution in [-0.4, -0.2) is 6.54 Å². The molecule has 0 atom stereocenters. The van der Waals surface area contributed by atoms with E-state index in [4.69, 9.17) is 5.26 Å². The highest BCUT2D eigenvalue weighted by Crippen LogP contribution is 2.23. The van der Waals surface area contributed by atoms with Crippen LogP contribution in [0, 0.1) is 16.7 Å². The fourth-order valence-corrected chi connectivity index (χ4v) is 1.60. The highest BCUT2D eigenvalue weighted by Gasteiger charge is 2.15. The molecule has 0 fully saturated rings. The lowest BCUT2D eigenvalue weighted by atomic mass is 9.91. The molecule has 0 saturated carbocycles. The van der Waals surface area contributed by atoms with Gasteiger partial charge in [-0.3, -0.25) is 0 Å². The maximum atomic E-state index is 8.86. The number of anilines is 1. The second-order valence-corrected chi connectivity index (χ2v) is 5.01. The van der Waals surface area contributed by atoms with Crippen molar-refractivity contribution in [3.8, 4) is 6.07 Å². The third-order valence-corrected chi connectivity index (χ3v) is 2.93. The minimum Gasteiger partial charge on any atom is -0.384 e. The maximum Gasteiger partial charge on any atom is 0.0684 e. The van der Waals surface area contributed by atoms with Gasteiger partial charge in [-0.1, -0.05) is 12.1 Å². The molecule has 1 rings (SSSR count). The van der Waals surface area contributed by atoms with Crippen LogP contribution in [0.5, 0.6) is 0 Å². The van der Waals surface area contributed by atoms with Crippen LogP contribution < -0.4 is 5.32 Å². The van der Waals surface area contributed by atoms with Crippen molar-refractivity contribution < 1.29 is 0 Å². The largest absolute Gasteiger partial charge is 0.384 e. The summed E-state index contributed by atoms with van der Waals surface area (Å²) in [6, 6.07) is 10.3. The Morgan fingerprint density at radius 1 is 1.40 bits per heavy atom. The molecule has 0 radical (unpaired) electrons. The van der Waals surface area contributed by atoms with Crippen molar-refractivity contribution in [2.75, 3.05) is 11.9 Å². The smallest absolute Gasteiger partial charge is 0.0684 e. The molecule has 0 bridgehead atoms. The van der Waals surface area contributed by atoms with E-state index in [0.717, 1.165) is 23.1 Å². The summed E-state index contributed by atoms with van der Waals surface area (Å²) in [4.78, 5) is 0. The van der Waals surface area contributed by atoms with Gasteiger partial charge in [0.15, 0.2) is 0 Å². The first kappa shape index (κ1) is 12.1. The van der Waals surface area contributed by atoms with Gasteiger partial charge >= 0.3 is 0 Å². The molecule has 0 aliphatic heterocycles. The van der Waals surface area contributed by atoms with Gasteiger partial charge in [0, 0.05) is 16.7 Å². The summed E-state index contributed by atoms with van der Waals surface area (Å²) < 4.78 is 1.06. The number of rotatable bonds is 4. The fourth-order valence-electron chi connectivity index (χ4n) is 1.17. The van der Waals surface area contributed by atoms with Crippen LogP contribution in [-0.2, 0) is 0 Å². The number of nitrogens with zero attached hydrogens (tertiary/aromatic N) is 1. The summed E-state index contributed by atoms with van der Waals surface area (Å²) in [6.07, 6.45) is 0.838. The van der Waals surface area contributed by atoms with Crippen molar-refractivity contribution in [1.29, 1.82) is 5.26 Å². The molecule has 80 valence electrons. The second-order valence-electron chi connectivity index (χ2n) is 4.15. The number of nitrogens with one attached hydrogen (secondary N) is 1. The van der Waals surface area contributed by atoms with E-state index in [9.17, 15) is 0 Å². The number of hydrogen-bond acceptors (Lipinski definition) is 2. The molecule has 1 N–H and O–H groups in total. The van der Waals surface area contributed by atoms with E-state index in [1.54, 1.807) is 0 Å². The molecule has 3 heteroatoms. The van der Waals surface area contributed by atoms with E-state index < -0.39 is 0 Å². The summed E-state index contributed by atoms with van der Waals surface area (Å²) >= 11 is 3.47. The van der Waals surface area contributed by atoms with Crippen LogP contribution in [0.15, 0.2) is 28.7 Å². The topological polar surface area (TPSA) is 35.8 Å². The lowest BCUT2D eigenvalue weighted by Gasteiger charge is -2.16. The molecule has 0 aliphatic rings. The van der Waals surface area contributed by atoms with Gasteiger partial charge in [-0.2, -0.15) is 5.26 Å². The zero-order valence-corrected chi connectivity index (χ0v) is 10.6. The summed E-state index contributed by atoms with van der Waals surface area (Å²) in [5.74, 6) is 0. The van der Waals surface area contributed by atoms with Crippen LogP contribution in [0.3, 0.4) is 0 Å². The molecule has 1 aromatic rings. The molecule has 15 heavy (non-hydrogen) atoms. The zero-order chi connectivity index (χ0) is 11.3. The summed E-state index contributed by atoms with van der Waals surface area (Å²) in [5.41, 5.74) is 0.820. The highest BCUT2D eigenvalue weighted by atomic mass is 79.9. The first-order chi connectivity index (χ1) is 7.05. The molecule has 0 aliphatic carbocycles. The summed E-state index contributed by atoms with van der Waals surface area (Å²) in [6.45, 7) is 4.71. The average Bonchev–Trinajstić information content (AvgIpc) is 2.21. The maximum absolute atomic E-state index is 8.86. The molecule has 0 aromatic heterocycles. The molecular formula is C12H15BrN2. The lowest BCUT2D eigenvalue weighted by Crippen LogP contribution is -2.14. The SMILES string of the molecule is CC(C)(C#N)CCNc1ccccc1Br. The predicted octanol–water partition coefficient (Wildman–Crippen LogP) is 3.80. The molecule has 0 saturated heterocycles. The Kier molecular flexibility index (Phi) is 4.16. The van der Waals surface area contributed by atoms with Gasteiger partial charge in [0.25, 0.3) is 0 Å². The van der Waals surface area contributed by atoms with Crippen LogP contribution in [0.2, 0.25) is 0 Å². The molecule has 1 aromatic carbocycles. The van der Waals surface area contributed by atoms with Gasteiger partial charge < -0.3 is 5.32 Å². The highest BCUT2D eigenvalue weighted by molar-refractivity contribution is 9.10. The molecule has 0 heterocycles. The van der Waals surface area contributed by atoms with Gasteiger partial charge in [0.2, 0.25) is 0 Å². The molecular weight excluding hydrogens is 252 g/mol. The number of benzene rings is 1.